The van der Waals surface area contributed by atoms with E-state index in [0.717, 1.165) is 24.5 Å². The minimum Gasteiger partial charge on any atom is -0.381 e. The quantitative estimate of drug-likeness (QED) is 0.707. The normalized spacial score (nSPS) is 25.1. The predicted octanol–water partition coefficient (Wildman–Crippen LogP) is 3.85. The summed E-state index contributed by atoms with van der Waals surface area (Å²) in [6.45, 7) is 6.64. The molecule has 2 nitrogen and oxygen atoms in total. The van der Waals surface area contributed by atoms with Crippen LogP contribution in [0, 0.1) is 14.8 Å². The molecule has 2 aliphatic rings. The van der Waals surface area contributed by atoms with Crippen LogP contribution in [0.2, 0.25) is 0 Å². The number of piperidine rings is 1. The molecule has 1 unspecified atom stereocenters. The predicted molar refractivity (Wildman–Crippen MR) is 81.8 cm³/mol. The fraction of sp³-hybridized carbons (Fsp3) is 0.571. The van der Waals surface area contributed by atoms with Crippen molar-refractivity contribution in [3.63, 3.8) is 0 Å². The van der Waals surface area contributed by atoms with E-state index >= 15 is 0 Å². The number of nitrogens with zero attached hydrogens (tertiary/aromatic N) is 1. The first-order valence-corrected chi connectivity index (χ1v) is 7.56. The van der Waals surface area contributed by atoms with Crippen LogP contribution in [-0.4, -0.2) is 19.1 Å². The van der Waals surface area contributed by atoms with Crippen LogP contribution in [0.1, 0.15) is 26.7 Å². The van der Waals surface area contributed by atoms with Gasteiger partial charge in [-0.3, -0.25) is 0 Å². The highest BCUT2D eigenvalue weighted by Gasteiger charge is 2.40. The Labute approximate surface area is 121 Å². The summed E-state index contributed by atoms with van der Waals surface area (Å²) in [6, 6.07) is 4.08. The van der Waals surface area contributed by atoms with Crippen LogP contribution in [-0.2, 0) is 0 Å². The van der Waals surface area contributed by atoms with E-state index in [1.165, 1.54) is 12.8 Å². The molecule has 4 heteroatoms. The lowest BCUT2D eigenvalue weighted by molar-refractivity contribution is 0.217. The highest BCUT2D eigenvalue weighted by atomic mass is 127. The summed E-state index contributed by atoms with van der Waals surface area (Å²) >= 11 is 2.05. The Balaban J connectivity index is 2.05. The summed E-state index contributed by atoms with van der Waals surface area (Å²) in [6.07, 6.45) is 2.44. The summed E-state index contributed by atoms with van der Waals surface area (Å²) in [5.41, 5.74) is 2.41. The molecule has 1 N–H and O–H groups in total. The third kappa shape index (κ3) is 1.89. The van der Waals surface area contributed by atoms with Gasteiger partial charge in [0, 0.05) is 19.2 Å². The Kier molecular flexibility index (Phi) is 2.95. The van der Waals surface area contributed by atoms with Gasteiger partial charge < -0.3 is 10.2 Å². The van der Waals surface area contributed by atoms with Gasteiger partial charge in [0.1, 0.15) is 5.82 Å². The third-order valence-corrected chi connectivity index (χ3v) is 5.16. The molecule has 1 saturated heterocycles. The van der Waals surface area contributed by atoms with Gasteiger partial charge in [-0.15, -0.1) is 0 Å². The van der Waals surface area contributed by atoms with Crippen LogP contribution < -0.4 is 10.2 Å². The number of benzene rings is 1. The van der Waals surface area contributed by atoms with Crippen molar-refractivity contribution in [3.05, 3.63) is 21.5 Å². The number of hydrogen-bond acceptors (Lipinski definition) is 2. The van der Waals surface area contributed by atoms with E-state index in [1.807, 2.05) is 6.07 Å². The van der Waals surface area contributed by atoms with Gasteiger partial charge in [-0.1, -0.05) is 13.8 Å². The molecule has 1 aromatic rings. The van der Waals surface area contributed by atoms with E-state index in [9.17, 15) is 4.39 Å². The van der Waals surface area contributed by atoms with Crippen LogP contribution in [0.3, 0.4) is 0 Å². The molecule has 1 fully saturated rings. The van der Waals surface area contributed by atoms with Crippen molar-refractivity contribution in [1.29, 1.82) is 0 Å². The van der Waals surface area contributed by atoms with E-state index in [1.54, 1.807) is 6.07 Å². The molecule has 0 saturated carbocycles. The molecule has 1 aromatic carbocycles. The molecular weight excluding hydrogens is 342 g/mol. The molecule has 1 atom stereocenters. The van der Waals surface area contributed by atoms with E-state index < -0.39 is 0 Å². The fourth-order valence-corrected chi connectivity index (χ4v) is 3.71. The summed E-state index contributed by atoms with van der Waals surface area (Å²) in [5, 5.41) is 3.47. The fourth-order valence-electron chi connectivity index (χ4n) is 3.25. The lowest BCUT2D eigenvalue weighted by Gasteiger charge is -2.51. The maximum atomic E-state index is 13.8. The monoisotopic (exact) mass is 360 g/mol. The van der Waals surface area contributed by atoms with Crippen molar-refractivity contribution in [3.8, 4) is 0 Å². The summed E-state index contributed by atoms with van der Waals surface area (Å²) < 4.78 is 14.5. The van der Waals surface area contributed by atoms with Gasteiger partial charge in [-0.05, 0) is 46.9 Å². The minimum atomic E-state index is -0.111. The Morgan fingerprint density at radius 3 is 3.00 bits per heavy atom. The van der Waals surface area contributed by atoms with Gasteiger partial charge in [0.05, 0.1) is 21.0 Å². The van der Waals surface area contributed by atoms with Crippen LogP contribution in [0.5, 0.6) is 0 Å². The number of anilines is 2. The van der Waals surface area contributed by atoms with Crippen LogP contribution in [0.25, 0.3) is 0 Å². The van der Waals surface area contributed by atoms with Gasteiger partial charge in [-0.2, -0.15) is 0 Å². The lowest BCUT2D eigenvalue weighted by atomic mass is 9.75. The molecule has 2 heterocycles. The first-order valence-electron chi connectivity index (χ1n) is 6.48. The van der Waals surface area contributed by atoms with Gasteiger partial charge in [0.15, 0.2) is 0 Å². The second kappa shape index (κ2) is 4.25. The molecule has 0 spiro atoms. The Morgan fingerprint density at radius 1 is 1.44 bits per heavy atom. The summed E-state index contributed by atoms with van der Waals surface area (Å²) in [4.78, 5) is 2.40. The average Bonchev–Trinajstić information content (AvgIpc) is 2.30. The Bertz CT molecular complexity index is 487. The molecule has 0 amide bonds. The van der Waals surface area contributed by atoms with Crippen molar-refractivity contribution >= 4 is 34.0 Å². The van der Waals surface area contributed by atoms with Gasteiger partial charge in [0.25, 0.3) is 0 Å². The zero-order valence-electron chi connectivity index (χ0n) is 10.8. The number of rotatable bonds is 0. The SMILES string of the molecule is CC1(C)CCCN2c3cc(F)c(I)cc3NCC21. The zero-order valence-corrected chi connectivity index (χ0v) is 12.9. The maximum absolute atomic E-state index is 13.8. The van der Waals surface area contributed by atoms with Crippen LogP contribution in [0.15, 0.2) is 12.1 Å². The molecule has 2 aliphatic heterocycles. The highest BCUT2D eigenvalue weighted by Crippen LogP contribution is 2.43. The Hall–Kier alpha value is -0.520. The largest absolute Gasteiger partial charge is 0.381 e. The summed E-state index contributed by atoms with van der Waals surface area (Å²) in [7, 11) is 0. The molecule has 98 valence electrons. The molecule has 3 rings (SSSR count). The number of hydrogen-bond donors (Lipinski definition) is 1. The second-order valence-corrected chi connectivity index (χ2v) is 7.13. The van der Waals surface area contributed by atoms with E-state index in [0.29, 0.717) is 15.0 Å². The minimum absolute atomic E-state index is 0.111. The zero-order chi connectivity index (χ0) is 12.9. The molecule has 0 radical (unpaired) electrons. The van der Waals surface area contributed by atoms with Gasteiger partial charge in [-0.25, -0.2) is 4.39 Å². The van der Waals surface area contributed by atoms with E-state index in [-0.39, 0.29) is 5.82 Å². The molecular formula is C14H18FIN2. The molecule has 18 heavy (non-hydrogen) atoms. The van der Waals surface area contributed by atoms with Crippen molar-refractivity contribution in [2.75, 3.05) is 23.3 Å². The molecule has 0 bridgehead atoms. The van der Waals surface area contributed by atoms with E-state index in [4.69, 9.17) is 0 Å². The smallest absolute Gasteiger partial charge is 0.138 e. The van der Waals surface area contributed by atoms with Crippen molar-refractivity contribution in [2.45, 2.75) is 32.7 Å². The highest BCUT2D eigenvalue weighted by molar-refractivity contribution is 14.1. The Morgan fingerprint density at radius 2 is 2.22 bits per heavy atom. The maximum Gasteiger partial charge on any atom is 0.138 e. The van der Waals surface area contributed by atoms with Gasteiger partial charge >= 0.3 is 0 Å². The first kappa shape index (κ1) is 12.5. The van der Waals surface area contributed by atoms with Gasteiger partial charge in [0.2, 0.25) is 0 Å². The van der Waals surface area contributed by atoms with E-state index in [2.05, 4.69) is 46.7 Å². The molecule has 0 aromatic heterocycles. The number of fused-ring (bicyclic) bond motifs is 3. The first-order chi connectivity index (χ1) is 8.49. The standard InChI is InChI=1S/C14H18FIN2/c1-14(2)4-3-5-18-12-6-9(15)10(16)7-11(12)17-8-13(14)18/h6-7,13,17H,3-5,8H2,1-2H3. The number of nitrogens with one attached hydrogen (secondary N) is 1. The average molecular weight is 360 g/mol. The lowest BCUT2D eigenvalue weighted by Crippen LogP contribution is -2.55. The second-order valence-electron chi connectivity index (χ2n) is 5.97. The third-order valence-electron chi connectivity index (χ3n) is 4.33. The van der Waals surface area contributed by atoms with Crippen LogP contribution in [0.4, 0.5) is 15.8 Å². The van der Waals surface area contributed by atoms with Crippen LogP contribution >= 0.6 is 22.6 Å². The van der Waals surface area contributed by atoms with Crippen molar-refractivity contribution < 1.29 is 4.39 Å². The molecule has 0 aliphatic carbocycles. The number of halogens is 2. The topological polar surface area (TPSA) is 15.3 Å². The van der Waals surface area contributed by atoms with Crippen molar-refractivity contribution in [2.24, 2.45) is 5.41 Å². The van der Waals surface area contributed by atoms with Crippen molar-refractivity contribution in [1.82, 2.24) is 0 Å². The summed E-state index contributed by atoms with van der Waals surface area (Å²) in [5.74, 6) is -0.111.